The molecular formula is C29H38N8. The van der Waals surface area contributed by atoms with Gasteiger partial charge >= 0.3 is 0 Å². The van der Waals surface area contributed by atoms with E-state index in [0.29, 0.717) is 11.6 Å². The maximum absolute atomic E-state index is 4.81. The number of anilines is 2. The minimum atomic E-state index is 0.557. The monoisotopic (exact) mass is 498 g/mol. The van der Waals surface area contributed by atoms with Gasteiger partial charge in [-0.3, -0.25) is 4.98 Å². The molecule has 8 heteroatoms. The van der Waals surface area contributed by atoms with Gasteiger partial charge in [0, 0.05) is 68.1 Å². The molecule has 2 N–H and O–H groups in total. The normalized spacial score (nSPS) is 14.7. The third kappa shape index (κ3) is 7.15. The number of rotatable bonds is 11. The summed E-state index contributed by atoms with van der Waals surface area (Å²) in [6.45, 7) is 19.1. The summed E-state index contributed by atoms with van der Waals surface area (Å²) in [5.41, 5.74) is 5.45. The van der Waals surface area contributed by atoms with Gasteiger partial charge in [-0.05, 0) is 52.1 Å². The Morgan fingerprint density at radius 1 is 1.14 bits per heavy atom. The molecule has 37 heavy (non-hydrogen) atoms. The molecule has 3 aromatic rings. The quantitative estimate of drug-likeness (QED) is 0.296. The Morgan fingerprint density at radius 3 is 2.73 bits per heavy atom. The Hall–Kier alpha value is -3.75. The number of likely N-dealkylation sites (N-methyl/N-ethyl adjacent to an activating group) is 1. The van der Waals surface area contributed by atoms with Gasteiger partial charge in [0.15, 0.2) is 11.6 Å². The van der Waals surface area contributed by atoms with Crippen LogP contribution >= 0.6 is 0 Å². The number of nitrogens with zero attached hydrogens (tertiary/aromatic N) is 6. The number of hydrogen-bond donors (Lipinski definition) is 2. The van der Waals surface area contributed by atoms with E-state index in [-0.39, 0.29) is 0 Å². The van der Waals surface area contributed by atoms with Gasteiger partial charge in [0.1, 0.15) is 5.52 Å². The van der Waals surface area contributed by atoms with Crippen LogP contribution in [-0.2, 0) is 0 Å². The van der Waals surface area contributed by atoms with Crippen LogP contribution in [0.25, 0.3) is 16.8 Å². The third-order valence-corrected chi connectivity index (χ3v) is 6.39. The van der Waals surface area contributed by atoms with Crippen LogP contribution in [0.15, 0.2) is 73.7 Å². The van der Waals surface area contributed by atoms with Crippen molar-refractivity contribution in [1.82, 2.24) is 34.7 Å². The lowest BCUT2D eigenvalue weighted by molar-refractivity contribution is 0.153. The Balaban J connectivity index is 1.45. The second kappa shape index (κ2) is 12.5. The molecule has 194 valence electrons. The number of pyridine rings is 1. The van der Waals surface area contributed by atoms with Crippen molar-refractivity contribution in [3.8, 4) is 0 Å². The summed E-state index contributed by atoms with van der Waals surface area (Å²) in [6.07, 6.45) is 12.5. The molecule has 0 unspecified atom stereocenters. The molecule has 4 rings (SSSR count). The first kappa shape index (κ1) is 26.3. The molecule has 0 saturated carbocycles. The molecule has 1 fully saturated rings. The van der Waals surface area contributed by atoms with E-state index in [1.54, 1.807) is 6.20 Å². The smallest absolute Gasteiger partial charge is 0.181 e. The number of nitrogens with one attached hydrogen (secondary N) is 2. The van der Waals surface area contributed by atoms with Crippen molar-refractivity contribution >= 4 is 28.3 Å². The highest BCUT2D eigenvalue weighted by atomic mass is 15.3. The fourth-order valence-electron chi connectivity index (χ4n) is 4.17. The maximum atomic E-state index is 4.81. The van der Waals surface area contributed by atoms with E-state index in [0.717, 1.165) is 73.7 Å². The van der Waals surface area contributed by atoms with Crippen LogP contribution < -0.4 is 10.6 Å². The van der Waals surface area contributed by atoms with Gasteiger partial charge in [-0.25, -0.2) is 9.50 Å². The zero-order valence-corrected chi connectivity index (χ0v) is 22.2. The van der Waals surface area contributed by atoms with E-state index in [1.807, 2.05) is 53.3 Å². The van der Waals surface area contributed by atoms with Crippen molar-refractivity contribution in [2.45, 2.75) is 20.3 Å². The molecule has 0 amide bonds. The second-order valence-electron chi connectivity index (χ2n) is 9.70. The van der Waals surface area contributed by atoms with Gasteiger partial charge in [0.25, 0.3) is 0 Å². The molecule has 0 radical (unpaired) electrons. The van der Waals surface area contributed by atoms with E-state index in [4.69, 9.17) is 4.98 Å². The summed E-state index contributed by atoms with van der Waals surface area (Å²) in [6, 6.07) is 5.88. The van der Waals surface area contributed by atoms with Crippen molar-refractivity contribution in [3.63, 3.8) is 0 Å². The molecule has 1 aliphatic heterocycles. The SMILES string of the molecule is C=C(/C=C\C=C(C)C)c1nc(Nc2ccncc2C(=C)NCCCN2CCN(C)CC2)c2cccn2n1. The molecule has 0 bridgehead atoms. The van der Waals surface area contributed by atoms with E-state index in [1.165, 1.54) is 5.57 Å². The van der Waals surface area contributed by atoms with Crippen molar-refractivity contribution in [3.05, 3.63) is 85.1 Å². The van der Waals surface area contributed by atoms with Gasteiger partial charge in [-0.2, -0.15) is 0 Å². The maximum Gasteiger partial charge on any atom is 0.181 e. The van der Waals surface area contributed by atoms with Crippen molar-refractivity contribution in [2.24, 2.45) is 0 Å². The molecule has 0 aromatic carbocycles. The summed E-state index contributed by atoms with van der Waals surface area (Å²) >= 11 is 0. The summed E-state index contributed by atoms with van der Waals surface area (Å²) in [5.74, 6) is 1.25. The average molecular weight is 499 g/mol. The molecule has 1 saturated heterocycles. The van der Waals surface area contributed by atoms with Gasteiger partial charge in [-0.15, -0.1) is 5.10 Å². The standard InChI is InChI=1S/C29H38N8/c1-22(2)9-6-10-23(3)28-33-29(27-11-7-16-37(27)34-28)32-26-12-14-30-21-25(26)24(4)31-13-8-15-36-19-17-35(5)18-20-36/h6-7,9-12,14,16,21,31H,3-4,8,13,15,17-20H2,1-2,5H3,(H,30,32,33,34)/b10-6-. The van der Waals surface area contributed by atoms with Gasteiger partial charge < -0.3 is 20.4 Å². The topological polar surface area (TPSA) is 73.6 Å². The van der Waals surface area contributed by atoms with Crippen LogP contribution in [0.4, 0.5) is 11.5 Å². The minimum absolute atomic E-state index is 0.557. The third-order valence-electron chi connectivity index (χ3n) is 6.39. The number of aromatic nitrogens is 4. The van der Waals surface area contributed by atoms with Crippen LogP contribution in [0.5, 0.6) is 0 Å². The fraction of sp³-hybridized carbons (Fsp3) is 0.345. The summed E-state index contributed by atoms with van der Waals surface area (Å²) < 4.78 is 1.82. The predicted molar refractivity (Wildman–Crippen MR) is 154 cm³/mol. The van der Waals surface area contributed by atoms with Crippen molar-refractivity contribution in [2.75, 3.05) is 51.6 Å². The summed E-state index contributed by atoms with van der Waals surface area (Å²) in [4.78, 5) is 14.1. The molecule has 0 spiro atoms. The van der Waals surface area contributed by atoms with Gasteiger partial charge in [0.2, 0.25) is 0 Å². The van der Waals surface area contributed by atoms with Crippen LogP contribution in [0.2, 0.25) is 0 Å². The van der Waals surface area contributed by atoms with Crippen LogP contribution in [-0.4, -0.2) is 75.7 Å². The Kier molecular flexibility index (Phi) is 8.87. The predicted octanol–water partition coefficient (Wildman–Crippen LogP) is 4.60. The van der Waals surface area contributed by atoms with E-state index in [2.05, 4.69) is 64.6 Å². The van der Waals surface area contributed by atoms with Crippen molar-refractivity contribution < 1.29 is 0 Å². The fourth-order valence-corrected chi connectivity index (χ4v) is 4.17. The minimum Gasteiger partial charge on any atom is -0.385 e. The lowest BCUT2D eigenvalue weighted by Gasteiger charge is -2.32. The first-order chi connectivity index (χ1) is 17.9. The molecular weight excluding hydrogens is 460 g/mol. The first-order valence-electron chi connectivity index (χ1n) is 12.8. The van der Waals surface area contributed by atoms with E-state index >= 15 is 0 Å². The number of fused-ring (bicyclic) bond motifs is 1. The highest BCUT2D eigenvalue weighted by Crippen LogP contribution is 2.26. The highest BCUT2D eigenvalue weighted by molar-refractivity contribution is 5.81. The number of allylic oxidation sites excluding steroid dienone is 5. The highest BCUT2D eigenvalue weighted by Gasteiger charge is 2.14. The molecule has 3 aromatic heterocycles. The molecule has 1 aliphatic rings. The van der Waals surface area contributed by atoms with Crippen LogP contribution in [0.1, 0.15) is 31.7 Å². The Bertz CT molecular complexity index is 1290. The molecule has 4 heterocycles. The van der Waals surface area contributed by atoms with Crippen LogP contribution in [0.3, 0.4) is 0 Å². The largest absolute Gasteiger partial charge is 0.385 e. The van der Waals surface area contributed by atoms with Gasteiger partial charge in [0.05, 0.1) is 5.69 Å². The lowest BCUT2D eigenvalue weighted by atomic mass is 10.1. The molecule has 0 aliphatic carbocycles. The Morgan fingerprint density at radius 2 is 1.95 bits per heavy atom. The molecule has 8 nitrogen and oxygen atoms in total. The summed E-state index contributed by atoms with van der Waals surface area (Å²) in [5, 5.41) is 11.6. The summed E-state index contributed by atoms with van der Waals surface area (Å²) in [7, 11) is 2.19. The average Bonchev–Trinajstić information content (AvgIpc) is 3.37. The zero-order valence-electron chi connectivity index (χ0n) is 22.2. The number of hydrogen-bond acceptors (Lipinski definition) is 7. The second-order valence-corrected chi connectivity index (χ2v) is 9.70. The van der Waals surface area contributed by atoms with E-state index in [9.17, 15) is 0 Å². The van der Waals surface area contributed by atoms with E-state index < -0.39 is 0 Å². The van der Waals surface area contributed by atoms with Gasteiger partial charge in [-0.1, -0.05) is 37.0 Å². The van der Waals surface area contributed by atoms with Crippen molar-refractivity contribution in [1.29, 1.82) is 0 Å². The first-order valence-corrected chi connectivity index (χ1v) is 12.8. The zero-order chi connectivity index (χ0) is 26.2. The lowest BCUT2D eigenvalue weighted by Crippen LogP contribution is -2.45. The van der Waals surface area contributed by atoms with Crippen LogP contribution in [0, 0.1) is 0 Å². The number of piperazine rings is 1. The molecule has 0 atom stereocenters. The Labute approximate surface area is 220 Å².